The number of carbonyl (C=O) groups is 2. The minimum Gasteiger partial charge on any atom is -0.380 e. The van der Waals surface area contributed by atoms with Crippen LogP contribution >= 0.6 is 11.6 Å². The highest BCUT2D eigenvalue weighted by molar-refractivity contribution is 6.31. The van der Waals surface area contributed by atoms with E-state index in [2.05, 4.69) is 4.90 Å². The van der Waals surface area contributed by atoms with Crippen molar-refractivity contribution < 1.29 is 18.7 Å². The molecule has 4 rings (SSSR count). The Morgan fingerprint density at radius 2 is 2.00 bits per heavy atom. The minimum absolute atomic E-state index is 0.0142. The van der Waals surface area contributed by atoms with Gasteiger partial charge in [-0.05, 0) is 19.2 Å². The molecule has 28 heavy (non-hydrogen) atoms. The number of fused-ring (bicyclic) bond motifs is 1. The smallest absolute Gasteiger partial charge is 0.233 e. The van der Waals surface area contributed by atoms with E-state index in [-0.39, 0.29) is 34.7 Å². The van der Waals surface area contributed by atoms with Gasteiger partial charge in [-0.25, -0.2) is 4.39 Å². The maximum Gasteiger partial charge on any atom is 0.233 e. The number of amides is 2. The summed E-state index contributed by atoms with van der Waals surface area (Å²) in [6.45, 7) is 4.70. The maximum absolute atomic E-state index is 14.1. The molecule has 3 fully saturated rings. The molecule has 0 aromatic heterocycles. The SMILES string of the molecule is CN1CCN(C(=O)[C@]23COC[C@H]2CN(C(=O)Cc2c(F)cccc2Cl)C3)CC1. The van der Waals surface area contributed by atoms with Crippen molar-refractivity contribution in [3.63, 3.8) is 0 Å². The quantitative estimate of drug-likeness (QED) is 0.754. The molecular weight excluding hydrogens is 385 g/mol. The third kappa shape index (κ3) is 3.40. The fourth-order valence-electron chi connectivity index (χ4n) is 4.52. The molecule has 0 saturated carbocycles. The average molecular weight is 410 g/mol. The number of rotatable bonds is 3. The molecule has 0 radical (unpaired) electrons. The lowest BCUT2D eigenvalue weighted by molar-refractivity contribution is -0.145. The lowest BCUT2D eigenvalue weighted by Gasteiger charge is -2.38. The molecule has 2 atom stereocenters. The number of likely N-dealkylation sites (tertiary alicyclic amines) is 1. The zero-order valence-electron chi connectivity index (χ0n) is 16.0. The molecule has 0 N–H and O–H groups in total. The van der Waals surface area contributed by atoms with Crippen molar-refractivity contribution in [1.29, 1.82) is 0 Å². The van der Waals surface area contributed by atoms with Gasteiger partial charge in [-0.3, -0.25) is 9.59 Å². The van der Waals surface area contributed by atoms with E-state index in [9.17, 15) is 14.0 Å². The number of likely N-dealkylation sites (N-methyl/N-ethyl adjacent to an activating group) is 1. The first-order valence-corrected chi connectivity index (χ1v) is 10.0. The van der Waals surface area contributed by atoms with Crippen LogP contribution in [0.5, 0.6) is 0 Å². The van der Waals surface area contributed by atoms with Gasteiger partial charge in [0.1, 0.15) is 5.82 Å². The van der Waals surface area contributed by atoms with Crippen molar-refractivity contribution in [2.75, 3.05) is 59.5 Å². The number of nitrogens with zero attached hydrogens (tertiary/aromatic N) is 3. The second-order valence-corrected chi connectivity index (χ2v) is 8.52. The molecule has 3 saturated heterocycles. The Hall–Kier alpha value is -1.70. The summed E-state index contributed by atoms with van der Waals surface area (Å²) in [4.78, 5) is 32.0. The summed E-state index contributed by atoms with van der Waals surface area (Å²) in [5.74, 6) is -0.610. The van der Waals surface area contributed by atoms with E-state index in [0.717, 1.165) is 13.1 Å². The molecule has 3 heterocycles. The fourth-order valence-corrected chi connectivity index (χ4v) is 4.75. The summed E-state index contributed by atoms with van der Waals surface area (Å²) in [7, 11) is 2.05. The van der Waals surface area contributed by atoms with Crippen molar-refractivity contribution in [1.82, 2.24) is 14.7 Å². The zero-order valence-corrected chi connectivity index (χ0v) is 16.8. The first kappa shape index (κ1) is 19.6. The van der Waals surface area contributed by atoms with Gasteiger partial charge >= 0.3 is 0 Å². The Labute approximate surface area is 169 Å². The standard InChI is InChI=1S/C20H25ClFN3O3/c1-23-5-7-24(8-6-23)19(27)20-12-25(10-14(20)11-28-13-20)18(26)9-15-16(21)3-2-4-17(15)22/h2-4,14H,5-13H2,1H3/t14-,20-/m1/s1. The Balaban J connectivity index is 1.49. The van der Waals surface area contributed by atoms with E-state index in [1.807, 2.05) is 11.9 Å². The van der Waals surface area contributed by atoms with Crippen LogP contribution in [-0.2, 0) is 20.7 Å². The number of ether oxygens (including phenoxy) is 1. The van der Waals surface area contributed by atoms with Crippen LogP contribution in [0.4, 0.5) is 4.39 Å². The van der Waals surface area contributed by atoms with Gasteiger partial charge in [0, 0.05) is 55.8 Å². The highest BCUT2D eigenvalue weighted by Gasteiger charge is 2.57. The molecule has 0 spiro atoms. The normalized spacial score (nSPS) is 27.9. The number of piperazine rings is 1. The highest BCUT2D eigenvalue weighted by atomic mass is 35.5. The number of hydrogen-bond acceptors (Lipinski definition) is 4. The maximum atomic E-state index is 14.1. The van der Waals surface area contributed by atoms with E-state index < -0.39 is 11.2 Å². The second-order valence-electron chi connectivity index (χ2n) is 8.11. The molecule has 0 bridgehead atoms. The lowest BCUT2D eigenvalue weighted by Crippen LogP contribution is -2.55. The van der Waals surface area contributed by atoms with E-state index in [1.54, 1.807) is 11.0 Å². The molecule has 152 valence electrons. The van der Waals surface area contributed by atoms with E-state index in [1.165, 1.54) is 12.1 Å². The summed E-state index contributed by atoms with van der Waals surface area (Å²) in [6.07, 6.45) is -0.0993. The van der Waals surface area contributed by atoms with Gasteiger partial charge in [-0.1, -0.05) is 17.7 Å². The zero-order chi connectivity index (χ0) is 19.9. The van der Waals surface area contributed by atoms with Crippen LogP contribution in [0.15, 0.2) is 18.2 Å². The molecule has 8 heteroatoms. The van der Waals surface area contributed by atoms with Crippen LogP contribution < -0.4 is 0 Å². The van der Waals surface area contributed by atoms with Gasteiger partial charge in [-0.2, -0.15) is 0 Å². The summed E-state index contributed by atoms with van der Waals surface area (Å²) < 4.78 is 19.7. The number of halogens is 2. The summed E-state index contributed by atoms with van der Waals surface area (Å²) >= 11 is 6.07. The number of hydrogen-bond donors (Lipinski definition) is 0. The van der Waals surface area contributed by atoms with E-state index in [4.69, 9.17) is 16.3 Å². The Bertz CT molecular complexity index is 764. The molecule has 1 aromatic rings. The van der Waals surface area contributed by atoms with Gasteiger partial charge in [0.15, 0.2) is 0 Å². The van der Waals surface area contributed by atoms with Crippen molar-refractivity contribution in [2.45, 2.75) is 6.42 Å². The summed E-state index contributed by atoms with van der Waals surface area (Å²) in [6, 6.07) is 4.41. The van der Waals surface area contributed by atoms with Crippen LogP contribution in [0.25, 0.3) is 0 Å². The molecule has 6 nitrogen and oxygen atoms in total. The fraction of sp³-hybridized carbons (Fsp3) is 0.600. The average Bonchev–Trinajstić information content (AvgIpc) is 3.23. The van der Waals surface area contributed by atoms with Gasteiger partial charge in [0.25, 0.3) is 0 Å². The molecule has 3 aliphatic heterocycles. The van der Waals surface area contributed by atoms with Crippen molar-refractivity contribution >= 4 is 23.4 Å². The molecule has 3 aliphatic rings. The van der Waals surface area contributed by atoms with E-state index in [0.29, 0.717) is 39.4 Å². The summed E-state index contributed by atoms with van der Waals surface area (Å²) in [5, 5.41) is 0.249. The van der Waals surface area contributed by atoms with Crippen LogP contribution in [0.2, 0.25) is 5.02 Å². The number of carbonyl (C=O) groups excluding carboxylic acids is 2. The molecule has 2 amide bonds. The molecule has 1 aromatic carbocycles. The van der Waals surface area contributed by atoms with Crippen molar-refractivity contribution in [3.05, 3.63) is 34.6 Å². The van der Waals surface area contributed by atoms with E-state index >= 15 is 0 Å². The van der Waals surface area contributed by atoms with Crippen molar-refractivity contribution in [2.24, 2.45) is 11.3 Å². The third-order valence-corrected chi connectivity index (χ3v) is 6.69. The Morgan fingerprint density at radius 3 is 2.71 bits per heavy atom. The first-order chi connectivity index (χ1) is 13.4. The Morgan fingerprint density at radius 1 is 1.25 bits per heavy atom. The van der Waals surface area contributed by atoms with Crippen LogP contribution in [0.1, 0.15) is 5.56 Å². The van der Waals surface area contributed by atoms with Crippen LogP contribution in [0, 0.1) is 17.2 Å². The monoisotopic (exact) mass is 409 g/mol. The topological polar surface area (TPSA) is 53.1 Å². The largest absolute Gasteiger partial charge is 0.380 e. The molecule has 0 unspecified atom stereocenters. The number of benzene rings is 1. The lowest BCUT2D eigenvalue weighted by atomic mass is 9.79. The second kappa shape index (κ2) is 7.61. The molecule has 0 aliphatic carbocycles. The van der Waals surface area contributed by atoms with Gasteiger partial charge < -0.3 is 19.4 Å². The highest BCUT2D eigenvalue weighted by Crippen LogP contribution is 2.43. The van der Waals surface area contributed by atoms with Gasteiger partial charge in [0.05, 0.1) is 25.0 Å². The summed E-state index contributed by atoms with van der Waals surface area (Å²) in [5.41, 5.74) is -0.466. The minimum atomic E-state index is -0.676. The Kier molecular flexibility index (Phi) is 5.33. The van der Waals surface area contributed by atoms with Crippen molar-refractivity contribution in [3.8, 4) is 0 Å². The predicted molar refractivity (Wildman–Crippen MR) is 103 cm³/mol. The first-order valence-electron chi connectivity index (χ1n) is 9.67. The molecular formula is C20H25ClFN3O3. The van der Waals surface area contributed by atoms with Gasteiger partial charge in [0.2, 0.25) is 11.8 Å². The third-order valence-electron chi connectivity index (χ3n) is 6.33. The van der Waals surface area contributed by atoms with Crippen LogP contribution in [-0.4, -0.2) is 86.0 Å². The van der Waals surface area contributed by atoms with Gasteiger partial charge in [-0.15, -0.1) is 0 Å². The van der Waals surface area contributed by atoms with Crippen LogP contribution in [0.3, 0.4) is 0 Å². The predicted octanol–water partition coefficient (Wildman–Crippen LogP) is 1.27.